The van der Waals surface area contributed by atoms with Crippen LogP contribution in [0, 0.1) is 0 Å². The maximum Gasteiger partial charge on any atom is 0.150 e. The van der Waals surface area contributed by atoms with E-state index in [0.717, 1.165) is 68.2 Å². The topological polar surface area (TPSA) is 34.1 Å². The summed E-state index contributed by atoms with van der Waals surface area (Å²) >= 11 is 0. The predicted octanol–water partition coefficient (Wildman–Crippen LogP) is 9.93. The number of allylic oxidation sites excluding steroid dienone is 2. The van der Waals surface area contributed by atoms with Crippen molar-refractivity contribution >= 4 is 34.9 Å². The summed E-state index contributed by atoms with van der Waals surface area (Å²) in [6, 6.07) is 57.3. The van der Waals surface area contributed by atoms with Gasteiger partial charge in [-0.25, -0.2) is 0 Å². The Kier molecular flexibility index (Phi) is 8.62. The van der Waals surface area contributed by atoms with Crippen LogP contribution in [0.1, 0.15) is 54.1 Å². The van der Waals surface area contributed by atoms with E-state index in [4.69, 9.17) is 0 Å². The molecule has 6 rings (SSSR count). The number of hydrogen-bond donors (Lipinski definition) is 0. The average molecular weight is 567 g/mol. The number of hydrogen-bond acceptors (Lipinski definition) is 2. The van der Waals surface area contributed by atoms with Crippen molar-refractivity contribution in [2.45, 2.75) is 0 Å². The van der Waals surface area contributed by atoms with Gasteiger partial charge in [0.05, 0.1) is 0 Å². The molecule has 0 N–H and O–H groups in total. The predicted molar refractivity (Wildman–Crippen MR) is 181 cm³/mol. The van der Waals surface area contributed by atoms with Crippen molar-refractivity contribution < 1.29 is 9.59 Å². The van der Waals surface area contributed by atoms with E-state index in [9.17, 15) is 9.59 Å². The van der Waals surface area contributed by atoms with Crippen LogP contribution in [0.3, 0.4) is 0 Å². The Hall–Kier alpha value is -5.86. The number of aldehydes is 2. The van der Waals surface area contributed by atoms with Crippen molar-refractivity contribution in [2.75, 3.05) is 0 Å². The molecule has 6 aromatic rings. The molecule has 0 unspecified atom stereocenters. The second-order valence-electron chi connectivity index (χ2n) is 10.4. The van der Waals surface area contributed by atoms with Crippen LogP contribution in [0.4, 0.5) is 0 Å². The highest BCUT2D eigenvalue weighted by atomic mass is 16.1. The molecule has 0 aliphatic rings. The molecular weight excluding hydrogens is 536 g/mol. The van der Waals surface area contributed by atoms with Crippen molar-refractivity contribution in [3.63, 3.8) is 0 Å². The van der Waals surface area contributed by atoms with Crippen molar-refractivity contribution in [3.05, 3.63) is 214 Å². The summed E-state index contributed by atoms with van der Waals surface area (Å²) in [6.45, 7) is 0. The normalized spacial score (nSPS) is 12.1. The van der Waals surface area contributed by atoms with Gasteiger partial charge in [0.2, 0.25) is 0 Å². The first-order chi connectivity index (χ1) is 21.8. The molecule has 0 bridgehead atoms. The van der Waals surface area contributed by atoms with Gasteiger partial charge in [-0.2, -0.15) is 0 Å². The fourth-order valence-corrected chi connectivity index (χ4v) is 5.61. The average Bonchev–Trinajstić information content (AvgIpc) is 3.11. The molecular formula is C42H30O2. The molecule has 44 heavy (non-hydrogen) atoms. The van der Waals surface area contributed by atoms with Crippen molar-refractivity contribution in [1.82, 2.24) is 0 Å². The first-order valence-corrected chi connectivity index (χ1v) is 14.6. The second kappa shape index (κ2) is 13.4. The van der Waals surface area contributed by atoms with Gasteiger partial charge in [0.1, 0.15) is 12.6 Å². The highest BCUT2D eigenvalue weighted by Crippen LogP contribution is 2.46. The van der Waals surface area contributed by atoms with Crippen LogP contribution in [0.25, 0.3) is 22.3 Å². The van der Waals surface area contributed by atoms with Gasteiger partial charge in [0.15, 0.2) is 0 Å². The van der Waals surface area contributed by atoms with Gasteiger partial charge in [-0.1, -0.05) is 170 Å². The first-order valence-electron chi connectivity index (χ1n) is 14.6. The molecule has 0 amide bonds. The first kappa shape index (κ1) is 28.3. The highest BCUT2D eigenvalue weighted by Gasteiger charge is 2.24. The Bertz CT molecular complexity index is 1770. The molecule has 0 aliphatic heterocycles. The molecule has 0 saturated carbocycles. The summed E-state index contributed by atoms with van der Waals surface area (Å²) in [5, 5.41) is 0. The molecule has 0 radical (unpaired) electrons. The third kappa shape index (κ3) is 6.01. The van der Waals surface area contributed by atoms with Gasteiger partial charge in [-0.15, -0.1) is 0 Å². The van der Waals surface area contributed by atoms with E-state index in [2.05, 4.69) is 97.1 Å². The Labute approximate surface area is 258 Å². The smallest absolute Gasteiger partial charge is 0.150 e. The van der Waals surface area contributed by atoms with Gasteiger partial charge in [-0.3, -0.25) is 9.59 Å². The van der Waals surface area contributed by atoms with E-state index in [-0.39, 0.29) is 0 Å². The number of carbonyl (C=O) groups excluding carboxylic acids is 2. The van der Waals surface area contributed by atoms with Gasteiger partial charge >= 0.3 is 0 Å². The summed E-state index contributed by atoms with van der Waals surface area (Å²) in [4.78, 5) is 23.2. The molecule has 2 heteroatoms. The SMILES string of the molecule is O=Cc1ccc(/C(=C(\C(=C(\c2ccccc2)c2ccc(C=O)cc2)c2ccccc2)c2ccccc2)c2ccccc2)cc1. The lowest BCUT2D eigenvalue weighted by Gasteiger charge is -2.24. The fourth-order valence-electron chi connectivity index (χ4n) is 5.61. The molecule has 0 atom stereocenters. The molecule has 0 spiro atoms. The van der Waals surface area contributed by atoms with Crippen LogP contribution in [0.2, 0.25) is 0 Å². The van der Waals surface area contributed by atoms with Crippen LogP contribution >= 0.6 is 0 Å². The van der Waals surface area contributed by atoms with Crippen molar-refractivity contribution in [2.24, 2.45) is 0 Å². The zero-order chi connectivity index (χ0) is 30.1. The summed E-state index contributed by atoms with van der Waals surface area (Å²) < 4.78 is 0. The van der Waals surface area contributed by atoms with Crippen molar-refractivity contribution in [1.29, 1.82) is 0 Å². The van der Waals surface area contributed by atoms with E-state index < -0.39 is 0 Å². The summed E-state index contributed by atoms with van der Waals surface area (Å²) in [5.41, 5.74) is 11.7. The zero-order valence-corrected chi connectivity index (χ0v) is 24.1. The maximum absolute atomic E-state index is 11.6. The third-order valence-electron chi connectivity index (χ3n) is 7.67. The molecule has 0 saturated heterocycles. The Morgan fingerprint density at radius 2 is 0.545 bits per heavy atom. The Morgan fingerprint density at radius 1 is 0.295 bits per heavy atom. The molecule has 2 nitrogen and oxygen atoms in total. The van der Waals surface area contributed by atoms with Crippen LogP contribution in [0.15, 0.2) is 170 Å². The minimum absolute atomic E-state index is 0.626. The van der Waals surface area contributed by atoms with Crippen LogP contribution < -0.4 is 0 Å². The quantitative estimate of drug-likeness (QED) is 0.0991. The number of carbonyl (C=O) groups is 2. The molecule has 6 aromatic carbocycles. The standard InChI is InChI=1S/C42H30O2/c43-29-31-21-25-37(26-22-31)39(33-13-5-1-6-14-33)41(35-17-9-3-10-18-35)42(36-19-11-4-12-20-36)40(34-15-7-2-8-16-34)38-27-23-32(30-44)24-28-38/h1-30H/b41-39-,42-40-. The lowest BCUT2D eigenvalue weighted by molar-refractivity contribution is 0.111. The van der Waals surface area contributed by atoms with E-state index in [1.165, 1.54) is 0 Å². The monoisotopic (exact) mass is 566 g/mol. The molecule has 210 valence electrons. The Balaban J connectivity index is 1.85. The minimum atomic E-state index is 0.626. The molecule has 0 aromatic heterocycles. The molecule has 0 heterocycles. The van der Waals surface area contributed by atoms with E-state index in [1.54, 1.807) is 0 Å². The van der Waals surface area contributed by atoms with Crippen LogP contribution in [-0.2, 0) is 0 Å². The molecule has 0 fully saturated rings. The lowest BCUT2D eigenvalue weighted by atomic mass is 9.78. The number of rotatable bonds is 9. The van der Waals surface area contributed by atoms with E-state index in [1.807, 2.05) is 72.8 Å². The lowest BCUT2D eigenvalue weighted by Crippen LogP contribution is -2.03. The fraction of sp³-hybridized carbons (Fsp3) is 0. The minimum Gasteiger partial charge on any atom is -0.298 e. The zero-order valence-electron chi connectivity index (χ0n) is 24.1. The van der Waals surface area contributed by atoms with E-state index in [0.29, 0.717) is 11.1 Å². The largest absolute Gasteiger partial charge is 0.298 e. The Morgan fingerprint density at radius 3 is 0.818 bits per heavy atom. The van der Waals surface area contributed by atoms with Gasteiger partial charge in [0.25, 0.3) is 0 Å². The third-order valence-corrected chi connectivity index (χ3v) is 7.67. The van der Waals surface area contributed by atoms with Gasteiger partial charge in [0, 0.05) is 11.1 Å². The van der Waals surface area contributed by atoms with E-state index >= 15 is 0 Å². The van der Waals surface area contributed by atoms with Crippen molar-refractivity contribution in [3.8, 4) is 0 Å². The second-order valence-corrected chi connectivity index (χ2v) is 10.4. The molecule has 0 aliphatic carbocycles. The summed E-state index contributed by atoms with van der Waals surface area (Å²) in [6.07, 6.45) is 1.75. The summed E-state index contributed by atoms with van der Waals surface area (Å²) in [7, 11) is 0. The van der Waals surface area contributed by atoms with Gasteiger partial charge in [-0.05, 0) is 55.7 Å². The highest BCUT2D eigenvalue weighted by molar-refractivity contribution is 6.25. The summed E-state index contributed by atoms with van der Waals surface area (Å²) in [5.74, 6) is 0. The van der Waals surface area contributed by atoms with Crippen LogP contribution in [0.5, 0.6) is 0 Å². The number of benzene rings is 6. The van der Waals surface area contributed by atoms with Gasteiger partial charge < -0.3 is 0 Å². The van der Waals surface area contributed by atoms with Crippen LogP contribution in [-0.4, -0.2) is 12.6 Å². The maximum atomic E-state index is 11.6.